The molecule has 0 aliphatic carbocycles. The standard InChI is InChI=1S/C23H33N7O.HI/c1-16(2)22-27-20-11-10-18(15-30(20)28-22)26-23(24-3)25-13-6-9-21(31)29-14-12-17-7-4-5-8-19(17)29;/h4-5,7-8,16,18H,6,9-15H2,1-3H3,(H2,24,25,26);1H. The maximum atomic E-state index is 12.6. The molecule has 8 nitrogen and oxygen atoms in total. The van der Waals surface area contributed by atoms with E-state index in [9.17, 15) is 4.79 Å². The second-order valence-electron chi connectivity index (χ2n) is 8.63. The molecule has 0 saturated carbocycles. The van der Waals surface area contributed by atoms with E-state index in [2.05, 4.69) is 45.6 Å². The van der Waals surface area contributed by atoms with E-state index in [1.807, 2.05) is 27.8 Å². The first kappa shape index (κ1) is 24.5. The number of halogens is 1. The fourth-order valence-corrected chi connectivity index (χ4v) is 4.26. The Labute approximate surface area is 207 Å². The van der Waals surface area contributed by atoms with Gasteiger partial charge in [-0.1, -0.05) is 32.0 Å². The van der Waals surface area contributed by atoms with Crippen LogP contribution >= 0.6 is 24.0 Å². The SMILES string of the molecule is CN=C(NCCCC(=O)N1CCc2ccccc21)NC1CCc2nc(C(C)C)nn2C1.I. The fraction of sp³-hybridized carbons (Fsp3) is 0.565. The molecule has 174 valence electrons. The minimum Gasteiger partial charge on any atom is -0.356 e. The number of para-hydroxylation sites is 1. The van der Waals surface area contributed by atoms with Crippen molar-refractivity contribution in [2.24, 2.45) is 4.99 Å². The van der Waals surface area contributed by atoms with E-state index in [1.54, 1.807) is 7.05 Å². The molecule has 0 bridgehead atoms. The van der Waals surface area contributed by atoms with Crippen molar-refractivity contribution >= 4 is 41.5 Å². The summed E-state index contributed by atoms with van der Waals surface area (Å²) in [5.41, 5.74) is 2.34. The number of amides is 1. The maximum Gasteiger partial charge on any atom is 0.227 e. The first-order chi connectivity index (χ1) is 15.0. The Kier molecular flexibility index (Phi) is 8.50. The number of aliphatic imine (C=N–C) groups is 1. The summed E-state index contributed by atoms with van der Waals surface area (Å²) in [6.07, 6.45) is 4.17. The number of aryl methyl sites for hydroxylation is 1. The summed E-state index contributed by atoms with van der Waals surface area (Å²) in [6.45, 7) is 6.54. The summed E-state index contributed by atoms with van der Waals surface area (Å²) in [5.74, 6) is 3.31. The second kappa shape index (κ2) is 11.1. The Bertz CT molecular complexity index is 956. The number of hydrogen-bond acceptors (Lipinski definition) is 4. The van der Waals surface area contributed by atoms with E-state index in [1.165, 1.54) is 5.56 Å². The molecule has 0 saturated heterocycles. The molecule has 2 aliphatic heterocycles. The Morgan fingerprint density at radius 1 is 1.28 bits per heavy atom. The van der Waals surface area contributed by atoms with Crippen LogP contribution in [0.2, 0.25) is 0 Å². The third-order valence-corrected chi connectivity index (χ3v) is 6.00. The van der Waals surface area contributed by atoms with Crippen LogP contribution in [0.4, 0.5) is 5.69 Å². The van der Waals surface area contributed by atoms with Crippen LogP contribution in [0.3, 0.4) is 0 Å². The van der Waals surface area contributed by atoms with E-state index in [0.29, 0.717) is 18.9 Å². The highest BCUT2D eigenvalue weighted by Gasteiger charge is 2.24. The Morgan fingerprint density at radius 3 is 2.88 bits per heavy atom. The van der Waals surface area contributed by atoms with Crippen LogP contribution in [0.15, 0.2) is 29.3 Å². The maximum absolute atomic E-state index is 12.6. The number of guanidine groups is 1. The highest BCUT2D eigenvalue weighted by Crippen LogP contribution is 2.28. The van der Waals surface area contributed by atoms with Gasteiger partial charge in [-0.2, -0.15) is 5.10 Å². The summed E-state index contributed by atoms with van der Waals surface area (Å²) in [4.78, 5) is 23.6. The van der Waals surface area contributed by atoms with Crippen LogP contribution in [0, 0.1) is 0 Å². The molecule has 4 rings (SSSR count). The van der Waals surface area contributed by atoms with Crippen molar-refractivity contribution in [2.75, 3.05) is 25.0 Å². The van der Waals surface area contributed by atoms with Gasteiger partial charge >= 0.3 is 0 Å². The van der Waals surface area contributed by atoms with Gasteiger partial charge in [0, 0.05) is 50.6 Å². The lowest BCUT2D eigenvalue weighted by Gasteiger charge is -2.25. The van der Waals surface area contributed by atoms with Crippen molar-refractivity contribution in [2.45, 2.75) is 64.5 Å². The minimum atomic E-state index is 0. The van der Waals surface area contributed by atoms with Crippen molar-refractivity contribution in [3.05, 3.63) is 41.5 Å². The third kappa shape index (κ3) is 5.60. The number of rotatable bonds is 6. The molecule has 0 fully saturated rings. The second-order valence-corrected chi connectivity index (χ2v) is 8.63. The van der Waals surface area contributed by atoms with Gasteiger partial charge in [0.2, 0.25) is 5.91 Å². The quantitative estimate of drug-likeness (QED) is 0.250. The van der Waals surface area contributed by atoms with Crippen LogP contribution in [-0.4, -0.2) is 52.8 Å². The molecule has 3 heterocycles. The normalized spacial score (nSPS) is 17.6. The first-order valence-electron chi connectivity index (χ1n) is 11.3. The van der Waals surface area contributed by atoms with Crippen molar-refractivity contribution in [1.82, 2.24) is 25.4 Å². The molecule has 0 radical (unpaired) electrons. The number of carbonyl (C=O) groups excluding carboxylic acids is 1. The van der Waals surface area contributed by atoms with Crippen LogP contribution < -0.4 is 15.5 Å². The zero-order valence-corrected chi connectivity index (χ0v) is 21.5. The molecule has 0 spiro atoms. The summed E-state index contributed by atoms with van der Waals surface area (Å²) in [7, 11) is 1.78. The van der Waals surface area contributed by atoms with Crippen molar-refractivity contribution < 1.29 is 4.79 Å². The highest BCUT2D eigenvalue weighted by atomic mass is 127. The largest absolute Gasteiger partial charge is 0.356 e. The van der Waals surface area contributed by atoms with Crippen LogP contribution in [0.5, 0.6) is 0 Å². The molecule has 1 aromatic carbocycles. The summed E-state index contributed by atoms with van der Waals surface area (Å²) < 4.78 is 2.02. The minimum absolute atomic E-state index is 0. The zero-order valence-electron chi connectivity index (χ0n) is 19.2. The zero-order chi connectivity index (χ0) is 21.8. The van der Waals surface area contributed by atoms with E-state index in [0.717, 1.165) is 62.1 Å². The lowest BCUT2D eigenvalue weighted by atomic mass is 10.1. The van der Waals surface area contributed by atoms with Crippen molar-refractivity contribution in [3.63, 3.8) is 0 Å². The van der Waals surface area contributed by atoms with Gasteiger partial charge in [-0.05, 0) is 30.9 Å². The number of carbonyl (C=O) groups is 1. The number of hydrogen-bond donors (Lipinski definition) is 2. The average Bonchev–Trinajstić information content (AvgIpc) is 3.39. The summed E-state index contributed by atoms with van der Waals surface area (Å²) in [5, 5.41) is 11.5. The highest BCUT2D eigenvalue weighted by molar-refractivity contribution is 14.0. The number of aromatic nitrogens is 3. The number of benzene rings is 1. The molecule has 2 aromatic rings. The molecule has 9 heteroatoms. The van der Waals surface area contributed by atoms with Gasteiger partial charge in [0.25, 0.3) is 0 Å². The molecule has 1 unspecified atom stereocenters. The van der Waals surface area contributed by atoms with E-state index < -0.39 is 0 Å². The lowest BCUT2D eigenvalue weighted by molar-refractivity contribution is -0.118. The van der Waals surface area contributed by atoms with Gasteiger partial charge in [-0.15, -0.1) is 24.0 Å². The predicted octanol–water partition coefficient (Wildman–Crippen LogP) is 2.87. The monoisotopic (exact) mass is 551 g/mol. The van der Waals surface area contributed by atoms with Crippen LogP contribution in [0.25, 0.3) is 0 Å². The number of nitrogens with zero attached hydrogens (tertiary/aromatic N) is 5. The molecule has 1 atom stereocenters. The molecule has 32 heavy (non-hydrogen) atoms. The molecule has 1 amide bonds. The number of anilines is 1. The third-order valence-electron chi connectivity index (χ3n) is 6.00. The van der Waals surface area contributed by atoms with E-state index >= 15 is 0 Å². The van der Waals surface area contributed by atoms with Gasteiger partial charge < -0.3 is 15.5 Å². The fourth-order valence-electron chi connectivity index (χ4n) is 4.26. The topological polar surface area (TPSA) is 87.4 Å². The molecule has 2 aliphatic rings. The van der Waals surface area contributed by atoms with Gasteiger partial charge in [-0.25, -0.2) is 9.67 Å². The Hall–Kier alpha value is -2.17. The molecule has 1 aromatic heterocycles. The molecular formula is C23H34IN7O. The predicted molar refractivity (Wildman–Crippen MR) is 138 cm³/mol. The Balaban J connectivity index is 0.00000289. The molecular weight excluding hydrogens is 517 g/mol. The number of nitrogens with one attached hydrogen (secondary N) is 2. The van der Waals surface area contributed by atoms with Gasteiger partial charge in [0.15, 0.2) is 11.8 Å². The summed E-state index contributed by atoms with van der Waals surface area (Å²) in [6, 6.07) is 8.45. The van der Waals surface area contributed by atoms with E-state index in [-0.39, 0.29) is 35.9 Å². The first-order valence-corrected chi connectivity index (χ1v) is 11.3. The lowest BCUT2D eigenvalue weighted by Crippen LogP contribution is -2.47. The van der Waals surface area contributed by atoms with Crippen molar-refractivity contribution in [1.29, 1.82) is 0 Å². The average molecular weight is 551 g/mol. The van der Waals surface area contributed by atoms with Crippen LogP contribution in [-0.2, 0) is 24.2 Å². The number of fused-ring (bicyclic) bond motifs is 2. The molecule has 2 N–H and O–H groups in total. The van der Waals surface area contributed by atoms with Gasteiger partial charge in [-0.3, -0.25) is 9.79 Å². The summed E-state index contributed by atoms with van der Waals surface area (Å²) >= 11 is 0. The van der Waals surface area contributed by atoms with Gasteiger partial charge in [0.05, 0.1) is 6.54 Å². The smallest absolute Gasteiger partial charge is 0.227 e. The van der Waals surface area contributed by atoms with Crippen LogP contribution in [0.1, 0.15) is 56.2 Å². The Morgan fingerprint density at radius 2 is 2.09 bits per heavy atom. The van der Waals surface area contributed by atoms with Gasteiger partial charge in [0.1, 0.15) is 5.82 Å². The van der Waals surface area contributed by atoms with E-state index in [4.69, 9.17) is 0 Å². The van der Waals surface area contributed by atoms with Crippen molar-refractivity contribution in [3.8, 4) is 0 Å².